The summed E-state index contributed by atoms with van der Waals surface area (Å²) in [5.41, 5.74) is 0.0864. The van der Waals surface area contributed by atoms with Gasteiger partial charge in [-0.05, 0) is 25.8 Å². The van der Waals surface area contributed by atoms with E-state index < -0.39 is 0 Å². The average Bonchev–Trinajstić information content (AvgIpc) is 2.57. The lowest BCUT2D eigenvalue weighted by Gasteiger charge is -2.40. The number of hydrogen-bond acceptors (Lipinski definition) is 3. The molecule has 0 bridgehead atoms. The van der Waals surface area contributed by atoms with Gasteiger partial charge < -0.3 is 10.1 Å². The summed E-state index contributed by atoms with van der Waals surface area (Å²) in [6.45, 7) is 3.90. The van der Waals surface area contributed by atoms with Crippen LogP contribution in [-0.4, -0.2) is 49.7 Å². The summed E-state index contributed by atoms with van der Waals surface area (Å²) in [5, 5.41) is 3.15. The molecule has 2 rings (SSSR count). The van der Waals surface area contributed by atoms with E-state index >= 15 is 0 Å². The van der Waals surface area contributed by atoms with Gasteiger partial charge in [-0.1, -0.05) is 0 Å². The number of nitrogens with zero attached hydrogens (tertiary/aromatic N) is 1. The van der Waals surface area contributed by atoms with Gasteiger partial charge in [0, 0.05) is 26.6 Å². The third-order valence-corrected chi connectivity index (χ3v) is 3.50. The minimum absolute atomic E-state index is 0.0864. The largest absolute Gasteiger partial charge is 0.383 e. The molecule has 1 atom stereocenters. The van der Waals surface area contributed by atoms with E-state index in [1.807, 2.05) is 0 Å². The van der Waals surface area contributed by atoms with Crippen LogP contribution < -0.4 is 5.32 Å². The van der Waals surface area contributed by atoms with Gasteiger partial charge in [0.05, 0.1) is 12.1 Å². The minimum Gasteiger partial charge on any atom is -0.383 e. The number of nitrogens with one attached hydrogen (secondary N) is 1. The second-order valence-corrected chi connectivity index (χ2v) is 4.70. The molecule has 1 N–H and O–H groups in total. The molecular weight excluding hydrogens is 192 g/mol. The SMILES string of the molecule is COCCN1CCCC2(CCC(=O)N2)C1. The van der Waals surface area contributed by atoms with Crippen molar-refractivity contribution >= 4 is 5.91 Å². The maximum Gasteiger partial charge on any atom is 0.220 e. The molecule has 15 heavy (non-hydrogen) atoms. The van der Waals surface area contributed by atoms with Crippen molar-refractivity contribution in [2.45, 2.75) is 31.2 Å². The molecular formula is C11H20N2O2. The molecule has 1 spiro atoms. The quantitative estimate of drug-likeness (QED) is 0.735. The van der Waals surface area contributed by atoms with Gasteiger partial charge in [0.1, 0.15) is 0 Å². The van der Waals surface area contributed by atoms with E-state index in [0.29, 0.717) is 6.42 Å². The highest BCUT2D eigenvalue weighted by atomic mass is 16.5. The van der Waals surface area contributed by atoms with Crippen molar-refractivity contribution in [3.05, 3.63) is 0 Å². The third kappa shape index (κ3) is 2.49. The number of hydrogen-bond donors (Lipinski definition) is 1. The van der Waals surface area contributed by atoms with Crippen LogP contribution in [-0.2, 0) is 9.53 Å². The lowest BCUT2D eigenvalue weighted by Crippen LogP contribution is -2.55. The van der Waals surface area contributed by atoms with Crippen molar-refractivity contribution in [2.75, 3.05) is 33.4 Å². The predicted molar refractivity (Wildman–Crippen MR) is 57.7 cm³/mol. The monoisotopic (exact) mass is 212 g/mol. The fourth-order valence-corrected chi connectivity index (χ4v) is 2.72. The number of ether oxygens (including phenoxy) is 1. The Kier molecular flexibility index (Phi) is 3.26. The van der Waals surface area contributed by atoms with Crippen LogP contribution >= 0.6 is 0 Å². The second-order valence-electron chi connectivity index (χ2n) is 4.70. The van der Waals surface area contributed by atoms with Crippen molar-refractivity contribution in [1.82, 2.24) is 10.2 Å². The molecule has 0 aliphatic carbocycles. The van der Waals surface area contributed by atoms with Gasteiger partial charge in [-0.15, -0.1) is 0 Å². The van der Waals surface area contributed by atoms with Crippen LogP contribution in [0, 0.1) is 0 Å². The maximum atomic E-state index is 11.3. The zero-order valence-electron chi connectivity index (χ0n) is 9.42. The number of carbonyl (C=O) groups is 1. The summed E-state index contributed by atoms with van der Waals surface area (Å²) in [4.78, 5) is 13.7. The highest BCUT2D eigenvalue weighted by Crippen LogP contribution is 2.29. The molecule has 0 saturated carbocycles. The molecule has 2 saturated heterocycles. The third-order valence-electron chi connectivity index (χ3n) is 3.50. The molecule has 2 aliphatic heterocycles. The van der Waals surface area contributed by atoms with Crippen molar-refractivity contribution < 1.29 is 9.53 Å². The Morgan fingerprint density at radius 2 is 2.40 bits per heavy atom. The zero-order chi connectivity index (χ0) is 10.7. The molecule has 0 aromatic carbocycles. The number of carbonyl (C=O) groups excluding carboxylic acids is 1. The van der Waals surface area contributed by atoms with Crippen molar-refractivity contribution in [1.29, 1.82) is 0 Å². The summed E-state index contributed by atoms with van der Waals surface area (Å²) >= 11 is 0. The maximum absolute atomic E-state index is 11.3. The van der Waals surface area contributed by atoms with Gasteiger partial charge in [-0.2, -0.15) is 0 Å². The number of rotatable bonds is 3. The van der Waals surface area contributed by atoms with E-state index in [2.05, 4.69) is 10.2 Å². The van der Waals surface area contributed by atoms with E-state index in [1.165, 1.54) is 6.42 Å². The number of amides is 1. The normalized spacial score (nSPS) is 32.2. The van der Waals surface area contributed by atoms with Crippen LogP contribution in [0.1, 0.15) is 25.7 Å². The minimum atomic E-state index is 0.0864. The highest BCUT2D eigenvalue weighted by molar-refractivity contribution is 5.79. The molecule has 2 fully saturated rings. The first-order valence-corrected chi connectivity index (χ1v) is 5.76. The summed E-state index contributed by atoms with van der Waals surface area (Å²) in [5.74, 6) is 0.226. The molecule has 86 valence electrons. The molecule has 0 aromatic rings. The van der Waals surface area contributed by atoms with E-state index in [1.54, 1.807) is 7.11 Å². The van der Waals surface area contributed by atoms with E-state index in [0.717, 1.165) is 39.1 Å². The number of likely N-dealkylation sites (tertiary alicyclic amines) is 1. The summed E-state index contributed by atoms with van der Waals surface area (Å²) < 4.78 is 5.09. The summed E-state index contributed by atoms with van der Waals surface area (Å²) in [6, 6.07) is 0. The molecule has 0 aromatic heterocycles. The lowest BCUT2D eigenvalue weighted by atomic mass is 9.88. The molecule has 2 aliphatic rings. The molecule has 4 heteroatoms. The summed E-state index contributed by atoms with van der Waals surface area (Å²) in [7, 11) is 1.73. The highest BCUT2D eigenvalue weighted by Gasteiger charge is 2.40. The van der Waals surface area contributed by atoms with Crippen LogP contribution in [0.2, 0.25) is 0 Å². The van der Waals surface area contributed by atoms with Crippen LogP contribution in [0.3, 0.4) is 0 Å². The van der Waals surface area contributed by atoms with Gasteiger partial charge in [0.25, 0.3) is 0 Å². The standard InChI is InChI=1S/C11H20N2O2/c1-15-8-7-13-6-2-4-11(9-13)5-3-10(14)12-11/h2-9H2,1H3,(H,12,14). The van der Waals surface area contributed by atoms with Gasteiger partial charge in [-0.25, -0.2) is 0 Å². The van der Waals surface area contributed by atoms with Crippen molar-refractivity contribution in [2.24, 2.45) is 0 Å². The first-order chi connectivity index (χ1) is 7.24. The Balaban J connectivity index is 1.89. The molecule has 1 unspecified atom stereocenters. The van der Waals surface area contributed by atoms with E-state index in [9.17, 15) is 4.79 Å². The Hall–Kier alpha value is -0.610. The fourth-order valence-electron chi connectivity index (χ4n) is 2.72. The van der Waals surface area contributed by atoms with E-state index in [-0.39, 0.29) is 11.4 Å². The topological polar surface area (TPSA) is 41.6 Å². The lowest BCUT2D eigenvalue weighted by molar-refractivity contribution is -0.120. The van der Waals surface area contributed by atoms with Gasteiger partial charge in [-0.3, -0.25) is 9.69 Å². The average molecular weight is 212 g/mol. The second kappa shape index (κ2) is 4.49. The fraction of sp³-hybridized carbons (Fsp3) is 0.909. The van der Waals surface area contributed by atoms with Crippen LogP contribution in [0.25, 0.3) is 0 Å². The van der Waals surface area contributed by atoms with Gasteiger partial charge in [0.15, 0.2) is 0 Å². The molecule has 4 nitrogen and oxygen atoms in total. The Morgan fingerprint density at radius 1 is 1.53 bits per heavy atom. The van der Waals surface area contributed by atoms with E-state index in [4.69, 9.17) is 4.74 Å². The Bertz CT molecular complexity index is 245. The van der Waals surface area contributed by atoms with Crippen LogP contribution in [0.4, 0.5) is 0 Å². The zero-order valence-corrected chi connectivity index (χ0v) is 9.42. The number of methoxy groups -OCH3 is 1. The Morgan fingerprint density at radius 3 is 3.07 bits per heavy atom. The van der Waals surface area contributed by atoms with Gasteiger partial charge >= 0.3 is 0 Å². The molecule has 0 radical (unpaired) electrons. The van der Waals surface area contributed by atoms with Crippen molar-refractivity contribution in [3.8, 4) is 0 Å². The van der Waals surface area contributed by atoms with Crippen molar-refractivity contribution in [3.63, 3.8) is 0 Å². The number of piperidine rings is 1. The molecule has 2 heterocycles. The Labute approximate surface area is 91.0 Å². The first-order valence-electron chi connectivity index (χ1n) is 5.76. The first kappa shape index (κ1) is 10.9. The summed E-state index contributed by atoms with van der Waals surface area (Å²) in [6.07, 6.45) is 4.04. The molecule has 1 amide bonds. The van der Waals surface area contributed by atoms with Crippen LogP contribution in [0.15, 0.2) is 0 Å². The predicted octanol–water partition coefficient (Wildman–Crippen LogP) is 0.377. The smallest absolute Gasteiger partial charge is 0.220 e. The van der Waals surface area contributed by atoms with Gasteiger partial charge in [0.2, 0.25) is 5.91 Å². The van der Waals surface area contributed by atoms with Crippen LogP contribution in [0.5, 0.6) is 0 Å².